The van der Waals surface area contributed by atoms with Crippen LogP contribution in [0.5, 0.6) is 0 Å². The fourth-order valence-electron chi connectivity index (χ4n) is 2.10. The van der Waals surface area contributed by atoms with Crippen LogP contribution in [0.25, 0.3) is 0 Å². The molecule has 0 aliphatic rings. The van der Waals surface area contributed by atoms with Gasteiger partial charge in [-0.05, 0) is 24.1 Å². The fraction of sp³-hybridized carbons (Fsp3) is 0.188. The molecule has 0 unspecified atom stereocenters. The molecule has 1 amide bonds. The molecule has 2 aromatic rings. The Morgan fingerprint density at radius 1 is 1.18 bits per heavy atom. The molecule has 22 heavy (non-hydrogen) atoms. The number of amides is 1. The molecule has 0 aliphatic heterocycles. The van der Waals surface area contributed by atoms with Crippen molar-refractivity contribution < 1.29 is 9.72 Å². The predicted octanol–water partition coefficient (Wildman–Crippen LogP) is 2.61. The van der Waals surface area contributed by atoms with E-state index in [0.29, 0.717) is 18.7 Å². The Bertz CT molecular complexity index is 672. The third kappa shape index (κ3) is 3.82. The van der Waals surface area contributed by atoms with Crippen molar-refractivity contribution in [2.75, 3.05) is 18.9 Å². The van der Waals surface area contributed by atoms with Crippen molar-refractivity contribution in [2.24, 2.45) is 0 Å². The lowest BCUT2D eigenvalue weighted by Crippen LogP contribution is -2.25. The van der Waals surface area contributed by atoms with Gasteiger partial charge in [0, 0.05) is 25.2 Å². The molecule has 0 saturated carbocycles. The summed E-state index contributed by atoms with van der Waals surface area (Å²) in [6.45, 7) is 0.477. The highest BCUT2D eigenvalue weighted by Crippen LogP contribution is 2.24. The molecule has 0 saturated heterocycles. The van der Waals surface area contributed by atoms with Gasteiger partial charge in [-0.15, -0.1) is 0 Å². The quantitative estimate of drug-likeness (QED) is 0.634. The number of hydrogen-bond acceptors (Lipinski definition) is 4. The smallest absolute Gasteiger partial charge is 0.293 e. The molecule has 0 aliphatic carbocycles. The number of hydrogen-bond donors (Lipinski definition) is 2. The van der Waals surface area contributed by atoms with Crippen molar-refractivity contribution in [3.63, 3.8) is 0 Å². The van der Waals surface area contributed by atoms with E-state index in [1.165, 1.54) is 12.1 Å². The van der Waals surface area contributed by atoms with Crippen LogP contribution in [0.2, 0.25) is 0 Å². The lowest BCUT2D eigenvalue weighted by molar-refractivity contribution is -0.384. The van der Waals surface area contributed by atoms with Gasteiger partial charge in [-0.3, -0.25) is 14.9 Å². The number of benzene rings is 2. The SMILES string of the molecule is CNc1ccc(C(=O)NCCc2ccccc2)cc1[N+](=O)[O-]. The summed E-state index contributed by atoms with van der Waals surface area (Å²) in [5.41, 5.74) is 1.67. The van der Waals surface area contributed by atoms with E-state index in [2.05, 4.69) is 10.6 Å². The molecule has 114 valence electrons. The summed E-state index contributed by atoms with van der Waals surface area (Å²) in [5, 5.41) is 16.5. The lowest BCUT2D eigenvalue weighted by atomic mass is 10.1. The van der Waals surface area contributed by atoms with Gasteiger partial charge < -0.3 is 10.6 Å². The number of nitro groups is 1. The van der Waals surface area contributed by atoms with E-state index < -0.39 is 4.92 Å². The minimum Gasteiger partial charge on any atom is -0.383 e. The van der Waals surface area contributed by atoms with Gasteiger partial charge in [0.1, 0.15) is 5.69 Å². The highest BCUT2D eigenvalue weighted by molar-refractivity contribution is 5.95. The summed E-state index contributed by atoms with van der Waals surface area (Å²) in [7, 11) is 1.60. The summed E-state index contributed by atoms with van der Waals surface area (Å²) >= 11 is 0. The Morgan fingerprint density at radius 2 is 1.91 bits per heavy atom. The number of nitrogens with zero attached hydrogens (tertiary/aromatic N) is 1. The second kappa shape index (κ2) is 7.21. The predicted molar refractivity (Wildman–Crippen MR) is 85.1 cm³/mol. The zero-order chi connectivity index (χ0) is 15.9. The second-order valence-electron chi connectivity index (χ2n) is 4.73. The number of nitro benzene ring substituents is 1. The highest BCUT2D eigenvalue weighted by Gasteiger charge is 2.16. The molecule has 2 aromatic carbocycles. The molecular weight excluding hydrogens is 282 g/mol. The molecule has 0 heterocycles. The fourth-order valence-corrected chi connectivity index (χ4v) is 2.10. The van der Waals surface area contributed by atoms with Crippen molar-refractivity contribution in [1.29, 1.82) is 0 Å². The van der Waals surface area contributed by atoms with Gasteiger partial charge >= 0.3 is 0 Å². The number of carbonyl (C=O) groups is 1. The number of anilines is 1. The normalized spacial score (nSPS) is 10.0. The van der Waals surface area contributed by atoms with Crippen LogP contribution < -0.4 is 10.6 Å². The zero-order valence-corrected chi connectivity index (χ0v) is 12.2. The Labute approximate surface area is 128 Å². The van der Waals surface area contributed by atoms with Crippen LogP contribution >= 0.6 is 0 Å². The Hall–Kier alpha value is -2.89. The van der Waals surface area contributed by atoms with E-state index in [4.69, 9.17) is 0 Å². The number of rotatable bonds is 6. The van der Waals surface area contributed by atoms with Gasteiger partial charge in [0.2, 0.25) is 0 Å². The third-order valence-electron chi connectivity index (χ3n) is 3.27. The molecule has 6 heteroatoms. The standard InChI is InChI=1S/C16H17N3O3/c1-17-14-8-7-13(11-15(14)19(21)22)16(20)18-10-9-12-5-3-2-4-6-12/h2-8,11,17H,9-10H2,1H3,(H,18,20). The van der Waals surface area contributed by atoms with E-state index in [0.717, 1.165) is 5.56 Å². The third-order valence-corrected chi connectivity index (χ3v) is 3.27. The first-order chi connectivity index (χ1) is 10.6. The minimum absolute atomic E-state index is 0.113. The first-order valence-corrected chi connectivity index (χ1v) is 6.90. The molecule has 0 atom stereocenters. The Morgan fingerprint density at radius 3 is 2.55 bits per heavy atom. The Kier molecular flexibility index (Phi) is 5.08. The van der Waals surface area contributed by atoms with Gasteiger partial charge in [0.15, 0.2) is 0 Å². The molecule has 0 radical (unpaired) electrons. The summed E-state index contributed by atoms with van der Waals surface area (Å²) < 4.78 is 0. The molecule has 2 rings (SSSR count). The van der Waals surface area contributed by atoms with Crippen LogP contribution in [0, 0.1) is 10.1 Å². The second-order valence-corrected chi connectivity index (χ2v) is 4.73. The van der Waals surface area contributed by atoms with Gasteiger partial charge in [0.25, 0.3) is 11.6 Å². The summed E-state index contributed by atoms with van der Waals surface area (Å²) in [6, 6.07) is 14.2. The zero-order valence-electron chi connectivity index (χ0n) is 12.2. The van der Waals surface area contributed by atoms with E-state index >= 15 is 0 Å². The maximum atomic E-state index is 12.1. The van der Waals surface area contributed by atoms with Crippen molar-refractivity contribution in [3.05, 3.63) is 69.8 Å². The average molecular weight is 299 g/mol. The summed E-state index contributed by atoms with van der Waals surface area (Å²) in [5.74, 6) is -0.318. The molecule has 6 nitrogen and oxygen atoms in total. The molecule has 0 bridgehead atoms. The first kappa shape index (κ1) is 15.5. The lowest BCUT2D eigenvalue weighted by Gasteiger charge is -2.07. The monoisotopic (exact) mass is 299 g/mol. The topological polar surface area (TPSA) is 84.3 Å². The molecule has 0 fully saturated rings. The van der Waals surface area contributed by atoms with Gasteiger partial charge in [0.05, 0.1) is 4.92 Å². The van der Waals surface area contributed by atoms with Crippen LogP contribution in [0.15, 0.2) is 48.5 Å². The molecule has 2 N–H and O–H groups in total. The van der Waals surface area contributed by atoms with E-state index in [-0.39, 0.29) is 17.2 Å². The van der Waals surface area contributed by atoms with Crippen LogP contribution in [0.1, 0.15) is 15.9 Å². The largest absolute Gasteiger partial charge is 0.383 e. The number of carbonyl (C=O) groups excluding carboxylic acids is 1. The van der Waals surface area contributed by atoms with Gasteiger partial charge in [-0.2, -0.15) is 0 Å². The van der Waals surface area contributed by atoms with E-state index in [1.807, 2.05) is 30.3 Å². The van der Waals surface area contributed by atoms with Crippen molar-refractivity contribution >= 4 is 17.3 Å². The van der Waals surface area contributed by atoms with Crippen LogP contribution in [0.3, 0.4) is 0 Å². The highest BCUT2D eigenvalue weighted by atomic mass is 16.6. The van der Waals surface area contributed by atoms with Crippen LogP contribution in [0.4, 0.5) is 11.4 Å². The average Bonchev–Trinajstić information content (AvgIpc) is 2.55. The summed E-state index contributed by atoms with van der Waals surface area (Å²) in [6.07, 6.45) is 0.712. The maximum absolute atomic E-state index is 12.1. The molecule has 0 aromatic heterocycles. The Balaban J connectivity index is 2.00. The first-order valence-electron chi connectivity index (χ1n) is 6.90. The molecular formula is C16H17N3O3. The van der Waals surface area contributed by atoms with Gasteiger partial charge in [-0.1, -0.05) is 30.3 Å². The number of nitrogens with one attached hydrogen (secondary N) is 2. The van der Waals surface area contributed by atoms with Crippen molar-refractivity contribution in [3.8, 4) is 0 Å². The van der Waals surface area contributed by atoms with E-state index in [9.17, 15) is 14.9 Å². The van der Waals surface area contributed by atoms with E-state index in [1.54, 1.807) is 13.1 Å². The van der Waals surface area contributed by atoms with Crippen molar-refractivity contribution in [2.45, 2.75) is 6.42 Å². The van der Waals surface area contributed by atoms with Crippen LogP contribution in [-0.4, -0.2) is 24.4 Å². The molecule has 0 spiro atoms. The minimum atomic E-state index is -0.507. The van der Waals surface area contributed by atoms with Gasteiger partial charge in [-0.25, -0.2) is 0 Å². The van der Waals surface area contributed by atoms with Crippen molar-refractivity contribution in [1.82, 2.24) is 5.32 Å². The maximum Gasteiger partial charge on any atom is 0.293 e. The van der Waals surface area contributed by atoms with Crippen LogP contribution in [-0.2, 0) is 6.42 Å². The summed E-state index contributed by atoms with van der Waals surface area (Å²) in [4.78, 5) is 22.5.